The summed E-state index contributed by atoms with van der Waals surface area (Å²) in [5.41, 5.74) is 7.50. The molecule has 76 valence electrons. The molecule has 0 bridgehead atoms. The summed E-state index contributed by atoms with van der Waals surface area (Å²) in [5.74, 6) is -0.609. The Morgan fingerprint density at radius 1 is 1.33 bits per heavy atom. The zero-order chi connectivity index (χ0) is 10.8. The summed E-state index contributed by atoms with van der Waals surface area (Å²) < 4.78 is 13.2. The van der Waals surface area contributed by atoms with Crippen LogP contribution >= 0.6 is 0 Å². The van der Waals surface area contributed by atoms with Gasteiger partial charge in [0.2, 0.25) is 0 Å². The zero-order valence-corrected chi connectivity index (χ0v) is 8.24. The van der Waals surface area contributed by atoms with Gasteiger partial charge in [-0.1, -0.05) is 6.07 Å². The highest BCUT2D eigenvalue weighted by molar-refractivity contribution is 5.59. The van der Waals surface area contributed by atoms with Crippen molar-refractivity contribution >= 4 is 5.82 Å². The number of aromatic nitrogens is 2. The maximum absolute atomic E-state index is 13.2. The Balaban J connectivity index is 2.50. The molecule has 0 aliphatic heterocycles. The van der Waals surface area contributed by atoms with Gasteiger partial charge in [-0.25, -0.2) is 9.37 Å². The predicted molar refractivity (Wildman–Crippen MR) is 56.6 cm³/mol. The number of nitrogen functional groups attached to an aromatic ring is 1. The Bertz CT molecular complexity index is 497. The molecule has 0 unspecified atom stereocenters. The number of rotatable bonds is 1. The normalized spacial score (nSPS) is 10.3. The second-order valence-electron chi connectivity index (χ2n) is 3.26. The molecule has 0 amide bonds. The number of anilines is 1. The summed E-state index contributed by atoms with van der Waals surface area (Å²) in [5, 5.41) is 0. The average Bonchev–Trinajstić information content (AvgIpc) is 2.22. The van der Waals surface area contributed by atoms with Crippen LogP contribution in [0.1, 0.15) is 5.69 Å². The van der Waals surface area contributed by atoms with Gasteiger partial charge in [-0.05, 0) is 25.1 Å². The fraction of sp³-hybridized carbons (Fsp3) is 0.0909. The highest BCUT2D eigenvalue weighted by Crippen LogP contribution is 2.19. The molecule has 0 aromatic carbocycles. The van der Waals surface area contributed by atoms with Crippen LogP contribution in [0.5, 0.6) is 0 Å². The lowest BCUT2D eigenvalue weighted by atomic mass is 10.2. The van der Waals surface area contributed by atoms with E-state index < -0.39 is 5.82 Å². The van der Waals surface area contributed by atoms with E-state index >= 15 is 0 Å². The predicted octanol–water partition coefficient (Wildman–Crippen LogP) is 2.17. The maximum Gasteiger partial charge on any atom is 0.165 e. The van der Waals surface area contributed by atoms with Gasteiger partial charge in [0.15, 0.2) is 11.6 Å². The molecule has 4 heteroatoms. The average molecular weight is 203 g/mol. The molecule has 2 N–H and O–H groups in total. The van der Waals surface area contributed by atoms with E-state index in [0.29, 0.717) is 11.3 Å². The molecule has 0 radical (unpaired) electrons. The third kappa shape index (κ3) is 1.93. The van der Waals surface area contributed by atoms with Crippen LogP contribution in [0, 0.1) is 12.7 Å². The molecule has 0 aliphatic carbocycles. The first-order valence-corrected chi connectivity index (χ1v) is 4.52. The number of halogens is 1. The van der Waals surface area contributed by atoms with Gasteiger partial charge in [0, 0.05) is 17.5 Å². The van der Waals surface area contributed by atoms with Crippen LogP contribution in [-0.2, 0) is 0 Å². The zero-order valence-electron chi connectivity index (χ0n) is 8.24. The van der Waals surface area contributed by atoms with E-state index in [4.69, 9.17) is 5.73 Å². The highest BCUT2D eigenvalue weighted by atomic mass is 19.1. The van der Waals surface area contributed by atoms with E-state index in [1.807, 2.05) is 19.1 Å². The van der Waals surface area contributed by atoms with Crippen molar-refractivity contribution in [3.63, 3.8) is 0 Å². The van der Waals surface area contributed by atoms with Crippen LogP contribution in [0.3, 0.4) is 0 Å². The number of nitrogens with two attached hydrogens (primary N) is 1. The fourth-order valence-corrected chi connectivity index (χ4v) is 1.29. The first-order chi connectivity index (χ1) is 7.16. The molecule has 0 saturated carbocycles. The molecule has 15 heavy (non-hydrogen) atoms. The Labute approximate surface area is 86.8 Å². The van der Waals surface area contributed by atoms with E-state index in [0.717, 1.165) is 5.69 Å². The van der Waals surface area contributed by atoms with Crippen LogP contribution in [0.15, 0.2) is 30.5 Å². The molecule has 2 aromatic rings. The van der Waals surface area contributed by atoms with Crippen LogP contribution in [0.2, 0.25) is 0 Å². The maximum atomic E-state index is 13.2. The number of nitrogens with zero attached hydrogens (tertiary/aromatic N) is 2. The molecule has 0 fully saturated rings. The summed E-state index contributed by atoms with van der Waals surface area (Å²) in [7, 11) is 0. The SMILES string of the molecule is Cc1cccc(-c2cnc(N)c(F)c2)n1. The van der Waals surface area contributed by atoms with Gasteiger partial charge in [-0.2, -0.15) is 0 Å². The minimum absolute atomic E-state index is 0.0913. The summed E-state index contributed by atoms with van der Waals surface area (Å²) >= 11 is 0. The van der Waals surface area contributed by atoms with E-state index in [1.165, 1.54) is 12.3 Å². The van der Waals surface area contributed by atoms with Crippen molar-refractivity contribution in [3.05, 3.63) is 42.0 Å². The highest BCUT2D eigenvalue weighted by Gasteiger charge is 2.04. The van der Waals surface area contributed by atoms with Gasteiger partial charge < -0.3 is 5.73 Å². The molecule has 0 saturated heterocycles. The van der Waals surface area contributed by atoms with Crippen molar-refractivity contribution in [3.8, 4) is 11.3 Å². The van der Waals surface area contributed by atoms with E-state index in [-0.39, 0.29) is 5.82 Å². The van der Waals surface area contributed by atoms with Gasteiger partial charge in [-0.15, -0.1) is 0 Å². The summed E-state index contributed by atoms with van der Waals surface area (Å²) in [6, 6.07) is 6.89. The molecule has 3 nitrogen and oxygen atoms in total. The van der Waals surface area contributed by atoms with Crippen molar-refractivity contribution in [2.45, 2.75) is 6.92 Å². The van der Waals surface area contributed by atoms with Crippen LogP contribution in [0.4, 0.5) is 10.2 Å². The summed E-state index contributed by atoms with van der Waals surface area (Å²) in [4.78, 5) is 8.01. The first-order valence-electron chi connectivity index (χ1n) is 4.52. The third-order valence-electron chi connectivity index (χ3n) is 2.05. The van der Waals surface area contributed by atoms with E-state index in [9.17, 15) is 4.39 Å². The number of aryl methyl sites for hydroxylation is 1. The molecular weight excluding hydrogens is 193 g/mol. The topological polar surface area (TPSA) is 51.8 Å². The van der Waals surface area contributed by atoms with Crippen molar-refractivity contribution in [2.75, 3.05) is 5.73 Å². The number of pyridine rings is 2. The molecule has 2 rings (SSSR count). The largest absolute Gasteiger partial charge is 0.381 e. The number of hydrogen-bond donors (Lipinski definition) is 1. The van der Waals surface area contributed by atoms with Crippen molar-refractivity contribution in [2.24, 2.45) is 0 Å². The molecule has 0 aliphatic rings. The Morgan fingerprint density at radius 3 is 2.80 bits per heavy atom. The van der Waals surface area contributed by atoms with Gasteiger partial charge in [-0.3, -0.25) is 4.98 Å². The van der Waals surface area contributed by atoms with Gasteiger partial charge >= 0.3 is 0 Å². The van der Waals surface area contributed by atoms with Crippen molar-refractivity contribution < 1.29 is 4.39 Å². The lowest BCUT2D eigenvalue weighted by Gasteiger charge is -2.02. The summed E-state index contributed by atoms with van der Waals surface area (Å²) in [6.45, 7) is 1.88. The Kier molecular flexibility index (Phi) is 2.33. The second kappa shape index (κ2) is 3.65. The molecular formula is C11H10FN3. The van der Waals surface area contributed by atoms with Gasteiger partial charge in [0.25, 0.3) is 0 Å². The molecule has 0 spiro atoms. The minimum atomic E-state index is -0.518. The third-order valence-corrected chi connectivity index (χ3v) is 2.05. The fourth-order valence-electron chi connectivity index (χ4n) is 1.29. The lowest BCUT2D eigenvalue weighted by molar-refractivity contribution is 0.627. The molecule has 2 aromatic heterocycles. The number of hydrogen-bond acceptors (Lipinski definition) is 3. The molecule has 0 atom stereocenters. The Hall–Kier alpha value is -1.97. The monoisotopic (exact) mass is 203 g/mol. The van der Waals surface area contributed by atoms with Gasteiger partial charge in [0.05, 0.1) is 5.69 Å². The van der Waals surface area contributed by atoms with Crippen LogP contribution in [-0.4, -0.2) is 9.97 Å². The lowest BCUT2D eigenvalue weighted by Crippen LogP contribution is -1.95. The summed E-state index contributed by atoms with van der Waals surface area (Å²) in [6.07, 6.45) is 1.51. The van der Waals surface area contributed by atoms with Gasteiger partial charge in [0.1, 0.15) is 0 Å². The smallest absolute Gasteiger partial charge is 0.165 e. The molecule has 2 heterocycles. The Morgan fingerprint density at radius 2 is 2.13 bits per heavy atom. The van der Waals surface area contributed by atoms with Crippen molar-refractivity contribution in [1.82, 2.24) is 9.97 Å². The van der Waals surface area contributed by atoms with Crippen molar-refractivity contribution in [1.29, 1.82) is 0 Å². The van der Waals surface area contributed by atoms with E-state index in [2.05, 4.69) is 9.97 Å². The second-order valence-corrected chi connectivity index (χ2v) is 3.26. The van der Waals surface area contributed by atoms with Crippen LogP contribution in [0.25, 0.3) is 11.3 Å². The van der Waals surface area contributed by atoms with E-state index in [1.54, 1.807) is 6.07 Å². The quantitative estimate of drug-likeness (QED) is 0.772. The first kappa shape index (κ1) is 9.58. The van der Waals surface area contributed by atoms with Crippen LogP contribution < -0.4 is 5.73 Å². The minimum Gasteiger partial charge on any atom is -0.381 e. The standard InChI is InChI=1S/C11H10FN3/c1-7-3-2-4-10(15-7)8-5-9(12)11(13)14-6-8/h2-6H,1H3,(H2,13,14).